The molecule has 0 radical (unpaired) electrons. The molecule has 1 saturated heterocycles. The Morgan fingerprint density at radius 1 is 1.20 bits per heavy atom. The first-order chi connectivity index (χ1) is 7.23. The van der Waals surface area contributed by atoms with E-state index in [9.17, 15) is 5.11 Å². The van der Waals surface area contributed by atoms with Crippen molar-refractivity contribution >= 4 is 0 Å². The van der Waals surface area contributed by atoms with Gasteiger partial charge in [-0.15, -0.1) is 0 Å². The number of hydrogen-bond acceptors (Lipinski definition) is 2. The summed E-state index contributed by atoms with van der Waals surface area (Å²) in [6, 6.07) is 0. The van der Waals surface area contributed by atoms with E-state index in [0.717, 1.165) is 13.0 Å². The predicted molar refractivity (Wildman–Crippen MR) is 69.3 cm³/mol. The van der Waals surface area contributed by atoms with Gasteiger partial charge in [-0.3, -0.25) is 4.90 Å². The van der Waals surface area contributed by atoms with E-state index in [1.807, 2.05) is 27.7 Å². The second kappa shape index (κ2) is 10.4. The van der Waals surface area contributed by atoms with Crippen LogP contribution in [0.2, 0.25) is 0 Å². The number of hydrogen-bond donors (Lipinski definition) is 1. The highest BCUT2D eigenvalue weighted by atomic mass is 16.3. The minimum absolute atomic E-state index is 0.0933. The Morgan fingerprint density at radius 2 is 1.73 bits per heavy atom. The summed E-state index contributed by atoms with van der Waals surface area (Å²) in [5.41, 5.74) is 0.0933. The molecule has 1 rings (SSSR count). The van der Waals surface area contributed by atoms with E-state index >= 15 is 0 Å². The van der Waals surface area contributed by atoms with E-state index in [1.165, 1.54) is 19.4 Å². The third kappa shape index (κ3) is 5.53. The molecule has 0 aromatic rings. The molecule has 1 aliphatic rings. The predicted octanol–water partition coefficient (Wildman–Crippen LogP) is 3.30. The fraction of sp³-hybridized carbons (Fsp3) is 1.00. The van der Waals surface area contributed by atoms with Gasteiger partial charge in [0.15, 0.2) is 0 Å². The number of aliphatic hydroxyl groups excluding tert-OH is 1. The van der Waals surface area contributed by atoms with E-state index < -0.39 is 0 Å². The molecule has 2 heteroatoms. The lowest BCUT2D eigenvalue weighted by atomic mass is 10.0. The molecule has 0 spiro atoms. The maximum absolute atomic E-state index is 9.18. The molecule has 0 amide bonds. The molecule has 1 aliphatic heterocycles. The van der Waals surface area contributed by atoms with Crippen molar-refractivity contribution < 1.29 is 5.11 Å². The van der Waals surface area contributed by atoms with Crippen LogP contribution in [0.25, 0.3) is 0 Å². The molecule has 1 fully saturated rings. The van der Waals surface area contributed by atoms with Gasteiger partial charge in [-0.05, 0) is 39.3 Å². The van der Waals surface area contributed by atoms with E-state index in [1.54, 1.807) is 0 Å². The first kappa shape index (κ1) is 17.3. The second-order valence-corrected chi connectivity index (χ2v) is 3.75. The number of likely N-dealkylation sites (tertiary alicyclic amines) is 1. The lowest BCUT2D eigenvalue weighted by Crippen LogP contribution is -2.44. The molecule has 0 aromatic carbocycles. The Balaban J connectivity index is 0. The largest absolute Gasteiger partial charge is 0.394 e. The van der Waals surface area contributed by atoms with Crippen LogP contribution in [-0.2, 0) is 0 Å². The maximum atomic E-state index is 9.18. The molecule has 1 unspecified atom stereocenters. The molecular weight excluding hydrogens is 186 g/mol. The highest BCUT2D eigenvalue weighted by Crippen LogP contribution is 2.27. The van der Waals surface area contributed by atoms with Crippen molar-refractivity contribution in [2.45, 2.75) is 66.3 Å². The molecule has 0 aliphatic carbocycles. The van der Waals surface area contributed by atoms with E-state index in [-0.39, 0.29) is 5.54 Å². The van der Waals surface area contributed by atoms with Gasteiger partial charge in [0.25, 0.3) is 0 Å². The van der Waals surface area contributed by atoms with Crippen LogP contribution >= 0.6 is 0 Å². The van der Waals surface area contributed by atoms with Crippen LogP contribution in [0.1, 0.15) is 60.8 Å². The Kier molecular flexibility index (Phi) is 12.1. The lowest BCUT2D eigenvalue weighted by Gasteiger charge is -2.33. The molecular formula is C13H31NO. The average molecular weight is 217 g/mol. The van der Waals surface area contributed by atoms with Gasteiger partial charge in [-0.2, -0.15) is 0 Å². The molecule has 0 aromatic heterocycles. The summed E-state index contributed by atoms with van der Waals surface area (Å²) in [5, 5.41) is 9.18. The summed E-state index contributed by atoms with van der Waals surface area (Å²) in [6.45, 7) is 15.0. The average Bonchev–Trinajstić information content (AvgIpc) is 2.68. The third-order valence-corrected chi connectivity index (χ3v) is 2.74. The Morgan fingerprint density at radius 3 is 2.13 bits per heavy atom. The van der Waals surface area contributed by atoms with Crippen molar-refractivity contribution in [1.29, 1.82) is 0 Å². The minimum Gasteiger partial charge on any atom is -0.394 e. The van der Waals surface area contributed by atoms with Crippen molar-refractivity contribution in [3.63, 3.8) is 0 Å². The number of nitrogens with zero attached hydrogens (tertiary/aromatic N) is 1. The molecule has 94 valence electrons. The van der Waals surface area contributed by atoms with Crippen LogP contribution in [0.4, 0.5) is 0 Å². The van der Waals surface area contributed by atoms with E-state index in [0.29, 0.717) is 6.61 Å². The van der Waals surface area contributed by atoms with Crippen LogP contribution in [0.3, 0.4) is 0 Å². The monoisotopic (exact) mass is 217 g/mol. The Bertz CT molecular complexity index is 128. The molecule has 1 heterocycles. The van der Waals surface area contributed by atoms with Gasteiger partial charge in [-0.1, -0.05) is 34.6 Å². The van der Waals surface area contributed by atoms with Crippen molar-refractivity contribution in [1.82, 2.24) is 4.90 Å². The van der Waals surface area contributed by atoms with Crippen molar-refractivity contribution in [3.8, 4) is 0 Å². The summed E-state index contributed by atoms with van der Waals surface area (Å²) < 4.78 is 0. The van der Waals surface area contributed by atoms with Crippen molar-refractivity contribution in [3.05, 3.63) is 0 Å². The van der Waals surface area contributed by atoms with Gasteiger partial charge in [0, 0.05) is 5.54 Å². The van der Waals surface area contributed by atoms with Crippen LogP contribution < -0.4 is 0 Å². The highest BCUT2D eigenvalue weighted by molar-refractivity contribution is 4.90. The smallest absolute Gasteiger partial charge is 0.0612 e. The van der Waals surface area contributed by atoms with Gasteiger partial charge in [0.1, 0.15) is 0 Å². The standard InChI is InChI=1S/C9H19NO.2C2H6/c1-3-6-10-7-4-5-9(10,2)8-11;2*1-2/h11H,3-8H2,1-2H3;2*1-2H3. The normalized spacial score (nSPS) is 25.0. The van der Waals surface area contributed by atoms with Crippen LogP contribution in [0, 0.1) is 0 Å². The number of aliphatic hydroxyl groups is 1. The van der Waals surface area contributed by atoms with Gasteiger partial charge < -0.3 is 5.11 Å². The number of rotatable bonds is 3. The topological polar surface area (TPSA) is 23.5 Å². The summed E-state index contributed by atoms with van der Waals surface area (Å²) in [7, 11) is 0. The Labute approximate surface area is 96.7 Å². The quantitative estimate of drug-likeness (QED) is 0.784. The van der Waals surface area contributed by atoms with Gasteiger partial charge in [0.05, 0.1) is 6.61 Å². The molecule has 15 heavy (non-hydrogen) atoms. The van der Waals surface area contributed by atoms with Gasteiger partial charge in [-0.25, -0.2) is 0 Å². The molecule has 0 saturated carbocycles. The van der Waals surface area contributed by atoms with Crippen LogP contribution in [0.5, 0.6) is 0 Å². The first-order valence-electron chi connectivity index (χ1n) is 6.59. The SMILES string of the molecule is CC.CC.CCCN1CCCC1(C)CO. The summed E-state index contributed by atoms with van der Waals surface area (Å²) >= 11 is 0. The molecule has 2 nitrogen and oxygen atoms in total. The lowest BCUT2D eigenvalue weighted by molar-refractivity contribution is 0.0792. The second-order valence-electron chi connectivity index (χ2n) is 3.75. The van der Waals surface area contributed by atoms with Gasteiger partial charge >= 0.3 is 0 Å². The van der Waals surface area contributed by atoms with Gasteiger partial charge in [0.2, 0.25) is 0 Å². The zero-order valence-corrected chi connectivity index (χ0v) is 11.6. The zero-order chi connectivity index (χ0) is 12.3. The maximum Gasteiger partial charge on any atom is 0.0612 e. The molecule has 1 atom stereocenters. The summed E-state index contributed by atoms with van der Waals surface area (Å²) in [4.78, 5) is 2.41. The molecule has 0 bridgehead atoms. The van der Waals surface area contributed by atoms with E-state index in [4.69, 9.17) is 0 Å². The fourth-order valence-electron chi connectivity index (χ4n) is 1.91. The van der Waals surface area contributed by atoms with Crippen LogP contribution in [0.15, 0.2) is 0 Å². The van der Waals surface area contributed by atoms with Crippen molar-refractivity contribution in [2.75, 3.05) is 19.7 Å². The highest BCUT2D eigenvalue weighted by Gasteiger charge is 2.34. The zero-order valence-electron chi connectivity index (χ0n) is 11.6. The summed E-state index contributed by atoms with van der Waals surface area (Å²) in [5.74, 6) is 0. The summed E-state index contributed by atoms with van der Waals surface area (Å²) in [6.07, 6.45) is 3.59. The first-order valence-corrected chi connectivity index (χ1v) is 6.59. The Hall–Kier alpha value is -0.0800. The van der Waals surface area contributed by atoms with E-state index in [2.05, 4.69) is 18.7 Å². The van der Waals surface area contributed by atoms with Crippen LogP contribution in [-0.4, -0.2) is 35.2 Å². The fourth-order valence-corrected chi connectivity index (χ4v) is 1.91. The third-order valence-electron chi connectivity index (χ3n) is 2.74. The minimum atomic E-state index is 0.0933. The van der Waals surface area contributed by atoms with Crippen molar-refractivity contribution in [2.24, 2.45) is 0 Å². The molecule has 1 N–H and O–H groups in total.